The Morgan fingerprint density at radius 3 is 2.70 bits per heavy atom. The van der Waals surface area contributed by atoms with E-state index in [2.05, 4.69) is 10.3 Å². The van der Waals surface area contributed by atoms with Gasteiger partial charge in [-0.05, 0) is 43.7 Å². The third-order valence-corrected chi connectivity index (χ3v) is 7.17. The number of sulfone groups is 1. The Labute approximate surface area is 176 Å². The second-order valence-electron chi connectivity index (χ2n) is 8.13. The predicted octanol–water partition coefficient (Wildman–Crippen LogP) is 2.25. The van der Waals surface area contributed by atoms with Crippen molar-refractivity contribution < 1.29 is 27.1 Å². The summed E-state index contributed by atoms with van der Waals surface area (Å²) in [6.45, 7) is 2.68. The highest BCUT2D eigenvalue weighted by Crippen LogP contribution is 2.30. The average Bonchev–Trinajstić information content (AvgIpc) is 3.44. The maximum absolute atomic E-state index is 13.9. The normalized spacial score (nSPS) is 17.9. The van der Waals surface area contributed by atoms with Gasteiger partial charge in [0.1, 0.15) is 6.54 Å². The molecule has 1 saturated heterocycles. The van der Waals surface area contributed by atoms with Crippen molar-refractivity contribution in [2.45, 2.75) is 44.9 Å². The molecule has 2 aliphatic rings. The predicted molar refractivity (Wildman–Crippen MR) is 108 cm³/mol. The molecule has 166 valence electrons. The highest BCUT2D eigenvalue weighted by atomic mass is 32.2. The van der Waals surface area contributed by atoms with Crippen molar-refractivity contribution in [1.82, 2.24) is 15.2 Å². The van der Waals surface area contributed by atoms with Crippen LogP contribution in [0.5, 0.6) is 5.88 Å². The number of hydrogen-bond donors (Lipinski definition) is 1. The van der Waals surface area contributed by atoms with E-state index in [1.807, 2.05) is 0 Å². The van der Waals surface area contributed by atoms with E-state index in [0.29, 0.717) is 44.0 Å². The van der Waals surface area contributed by atoms with Gasteiger partial charge >= 0.3 is 6.03 Å². The zero-order valence-electron chi connectivity index (χ0n) is 17.1. The number of rotatable bonds is 12. The van der Waals surface area contributed by atoms with Gasteiger partial charge in [0.05, 0.1) is 18.1 Å². The van der Waals surface area contributed by atoms with Crippen LogP contribution in [0.1, 0.15) is 50.6 Å². The number of urea groups is 1. The van der Waals surface area contributed by atoms with Gasteiger partial charge in [-0.15, -0.1) is 0 Å². The van der Waals surface area contributed by atoms with Crippen LogP contribution < -0.4 is 10.1 Å². The summed E-state index contributed by atoms with van der Waals surface area (Å²) in [5, 5.41) is 2.21. The number of amides is 3. The van der Waals surface area contributed by atoms with E-state index >= 15 is 0 Å². The van der Waals surface area contributed by atoms with Crippen molar-refractivity contribution in [1.29, 1.82) is 0 Å². The van der Waals surface area contributed by atoms with Crippen molar-refractivity contribution >= 4 is 21.8 Å². The zero-order chi connectivity index (χ0) is 21.7. The molecule has 0 aromatic carbocycles. The SMILES string of the molecule is C[C@@H](CS(=O)(=O)CCCCCN1CC(=O)NC1=O)c1ccc(F)c(OCC2CC2)n1. The van der Waals surface area contributed by atoms with Crippen LogP contribution in [0.3, 0.4) is 0 Å². The Balaban J connectivity index is 1.42. The highest BCUT2D eigenvalue weighted by molar-refractivity contribution is 7.91. The fraction of sp³-hybridized carbons (Fsp3) is 0.650. The summed E-state index contributed by atoms with van der Waals surface area (Å²) in [4.78, 5) is 28.2. The zero-order valence-corrected chi connectivity index (χ0v) is 17.9. The lowest BCUT2D eigenvalue weighted by atomic mass is 10.1. The van der Waals surface area contributed by atoms with Crippen molar-refractivity contribution in [2.24, 2.45) is 5.92 Å². The lowest BCUT2D eigenvalue weighted by molar-refractivity contribution is -0.118. The van der Waals surface area contributed by atoms with Gasteiger partial charge in [0.2, 0.25) is 5.91 Å². The van der Waals surface area contributed by atoms with Crippen molar-refractivity contribution in [3.63, 3.8) is 0 Å². The van der Waals surface area contributed by atoms with Crippen LogP contribution in [0.2, 0.25) is 0 Å². The third-order valence-electron chi connectivity index (χ3n) is 5.25. The van der Waals surface area contributed by atoms with Gasteiger partial charge in [0.25, 0.3) is 5.88 Å². The van der Waals surface area contributed by atoms with Gasteiger partial charge in [-0.25, -0.2) is 22.6 Å². The molecule has 1 N–H and O–H groups in total. The molecule has 1 aliphatic carbocycles. The second kappa shape index (κ2) is 9.72. The van der Waals surface area contributed by atoms with Gasteiger partial charge in [-0.1, -0.05) is 13.3 Å². The number of carbonyl (C=O) groups is 2. The van der Waals surface area contributed by atoms with Crippen molar-refractivity contribution in [3.8, 4) is 5.88 Å². The number of nitrogens with zero attached hydrogens (tertiary/aromatic N) is 2. The van der Waals surface area contributed by atoms with E-state index in [1.165, 1.54) is 17.0 Å². The Morgan fingerprint density at radius 1 is 1.27 bits per heavy atom. The number of pyridine rings is 1. The maximum Gasteiger partial charge on any atom is 0.324 e. The number of aromatic nitrogens is 1. The summed E-state index contributed by atoms with van der Waals surface area (Å²) < 4.78 is 44.2. The number of ether oxygens (including phenoxy) is 1. The number of imide groups is 1. The molecule has 2 heterocycles. The standard InChI is InChI=1S/C20H28FN3O5S/c1-14(17-8-7-16(21)19(22-17)29-12-15-5-6-15)13-30(27,28)10-4-2-3-9-24-11-18(25)23-20(24)26/h7-8,14-15H,2-6,9-13H2,1H3,(H,23,25,26)/t14-/m0/s1. The molecule has 10 heteroatoms. The summed E-state index contributed by atoms with van der Waals surface area (Å²) in [6, 6.07) is 2.38. The summed E-state index contributed by atoms with van der Waals surface area (Å²) in [5.74, 6) is -0.861. The molecule has 1 aliphatic heterocycles. The summed E-state index contributed by atoms with van der Waals surface area (Å²) in [5.41, 5.74) is 0.496. The molecular weight excluding hydrogens is 413 g/mol. The van der Waals surface area contributed by atoms with Crippen LogP contribution in [0.15, 0.2) is 12.1 Å². The first-order valence-corrected chi connectivity index (χ1v) is 12.1. The molecule has 0 unspecified atom stereocenters. The summed E-state index contributed by atoms with van der Waals surface area (Å²) in [7, 11) is -3.31. The van der Waals surface area contributed by atoms with Crippen LogP contribution in [-0.2, 0) is 14.6 Å². The molecule has 3 rings (SSSR count). The Kier molecular flexibility index (Phi) is 7.27. The molecule has 1 saturated carbocycles. The quantitative estimate of drug-likeness (QED) is 0.394. The average molecular weight is 442 g/mol. The molecular formula is C20H28FN3O5S. The van der Waals surface area contributed by atoms with Crippen LogP contribution in [0.4, 0.5) is 9.18 Å². The van der Waals surface area contributed by atoms with Crippen molar-refractivity contribution in [3.05, 3.63) is 23.6 Å². The summed E-state index contributed by atoms with van der Waals surface area (Å²) >= 11 is 0. The summed E-state index contributed by atoms with van der Waals surface area (Å²) in [6.07, 6.45) is 3.91. The van der Waals surface area contributed by atoms with E-state index in [0.717, 1.165) is 12.8 Å². The van der Waals surface area contributed by atoms with Crippen molar-refractivity contribution in [2.75, 3.05) is 31.2 Å². The lowest BCUT2D eigenvalue weighted by Gasteiger charge is -2.14. The Bertz CT molecular complexity index is 888. The van der Waals surface area contributed by atoms with E-state index in [-0.39, 0.29) is 35.8 Å². The van der Waals surface area contributed by atoms with Crippen LogP contribution in [-0.4, -0.2) is 61.4 Å². The monoisotopic (exact) mass is 441 g/mol. The number of nitrogens with one attached hydrogen (secondary N) is 1. The minimum atomic E-state index is -3.31. The van der Waals surface area contributed by atoms with E-state index < -0.39 is 21.7 Å². The highest BCUT2D eigenvalue weighted by Gasteiger charge is 2.26. The third kappa shape index (κ3) is 6.65. The maximum atomic E-state index is 13.9. The number of unbranched alkanes of at least 4 members (excludes halogenated alkanes) is 2. The first-order chi connectivity index (χ1) is 14.2. The molecule has 0 spiro atoms. The van der Waals surface area contributed by atoms with Crippen LogP contribution in [0.25, 0.3) is 0 Å². The topological polar surface area (TPSA) is 106 Å². The van der Waals surface area contributed by atoms with Gasteiger partial charge in [0, 0.05) is 18.2 Å². The Hall–Kier alpha value is -2.23. The molecule has 1 atom stereocenters. The Morgan fingerprint density at radius 2 is 2.03 bits per heavy atom. The minimum Gasteiger partial charge on any atom is -0.475 e. The molecule has 1 aromatic heterocycles. The molecule has 30 heavy (non-hydrogen) atoms. The smallest absolute Gasteiger partial charge is 0.324 e. The lowest BCUT2D eigenvalue weighted by Crippen LogP contribution is -2.29. The largest absolute Gasteiger partial charge is 0.475 e. The number of hydrogen-bond acceptors (Lipinski definition) is 6. The molecule has 0 radical (unpaired) electrons. The van der Waals surface area contributed by atoms with E-state index in [4.69, 9.17) is 4.74 Å². The number of halogens is 1. The minimum absolute atomic E-state index is 0.0364. The van der Waals surface area contributed by atoms with E-state index in [1.54, 1.807) is 6.92 Å². The van der Waals surface area contributed by atoms with E-state index in [9.17, 15) is 22.4 Å². The van der Waals surface area contributed by atoms with Gasteiger partial charge in [-0.3, -0.25) is 10.1 Å². The van der Waals surface area contributed by atoms with Gasteiger partial charge < -0.3 is 9.64 Å². The van der Waals surface area contributed by atoms with Gasteiger partial charge in [-0.2, -0.15) is 0 Å². The molecule has 8 nitrogen and oxygen atoms in total. The molecule has 2 fully saturated rings. The second-order valence-corrected chi connectivity index (χ2v) is 10.4. The van der Waals surface area contributed by atoms with Crippen LogP contribution in [0, 0.1) is 11.7 Å². The number of carbonyl (C=O) groups excluding carboxylic acids is 2. The molecule has 3 amide bonds. The fourth-order valence-corrected chi connectivity index (χ4v) is 5.05. The first kappa shape index (κ1) is 22.5. The molecule has 1 aromatic rings. The van der Waals surface area contributed by atoms with Gasteiger partial charge in [0.15, 0.2) is 15.7 Å². The first-order valence-electron chi connectivity index (χ1n) is 10.3. The molecule has 0 bridgehead atoms. The fourth-order valence-electron chi connectivity index (χ4n) is 3.31. The van der Waals surface area contributed by atoms with Crippen LogP contribution >= 0.6 is 0 Å².